The maximum atomic E-state index is 11.2. The average Bonchev–Trinajstić information content (AvgIpc) is 2.43. The van der Waals surface area contributed by atoms with Crippen molar-refractivity contribution in [2.75, 3.05) is 6.61 Å². The summed E-state index contributed by atoms with van der Waals surface area (Å²) in [6.07, 6.45) is 5.65. The third-order valence-corrected chi connectivity index (χ3v) is 3.14. The van der Waals surface area contributed by atoms with E-state index >= 15 is 0 Å². The van der Waals surface area contributed by atoms with Gasteiger partial charge >= 0.3 is 5.97 Å². The third-order valence-electron chi connectivity index (χ3n) is 2.82. The first-order valence-electron chi connectivity index (χ1n) is 5.88. The zero-order chi connectivity index (χ0) is 14.3. The van der Waals surface area contributed by atoms with Gasteiger partial charge in [0.05, 0.1) is 4.48 Å². The second kappa shape index (κ2) is 7.10. The smallest absolute Gasteiger partial charge is 0.344 e. The fourth-order valence-electron chi connectivity index (χ4n) is 1.57. The minimum atomic E-state index is -0.454. The van der Waals surface area contributed by atoms with Crippen LogP contribution in [0, 0.1) is 0 Å². The molecule has 2 nitrogen and oxygen atoms in total. The quantitative estimate of drug-likeness (QED) is 0.447. The monoisotopic (exact) mass is 320 g/mol. The molecule has 0 unspecified atom stereocenters. The van der Waals surface area contributed by atoms with E-state index in [-0.39, 0.29) is 16.5 Å². The van der Waals surface area contributed by atoms with Gasteiger partial charge in [0.25, 0.3) is 0 Å². The lowest BCUT2D eigenvalue weighted by atomic mass is 9.82. The van der Waals surface area contributed by atoms with Crippen molar-refractivity contribution in [1.82, 2.24) is 0 Å². The maximum Gasteiger partial charge on any atom is 0.344 e. The summed E-state index contributed by atoms with van der Waals surface area (Å²) in [5.74, 6) is -0.454. The van der Waals surface area contributed by atoms with E-state index in [2.05, 4.69) is 36.0 Å². The number of rotatable bonds is 6. The molecule has 0 aliphatic carbocycles. The minimum absolute atomic E-state index is 0.208. The van der Waals surface area contributed by atoms with Gasteiger partial charge in [0, 0.05) is 5.41 Å². The van der Waals surface area contributed by atoms with Crippen LogP contribution in [0.1, 0.15) is 12.5 Å². The largest absolute Gasteiger partial charge is 0.457 e. The topological polar surface area (TPSA) is 26.3 Å². The second-order valence-electron chi connectivity index (χ2n) is 4.26. The lowest BCUT2D eigenvalue weighted by molar-refractivity contribution is -0.136. The van der Waals surface area contributed by atoms with E-state index in [4.69, 9.17) is 4.74 Å². The number of hydrogen-bond donors (Lipinski definition) is 0. The summed E-state index contributed by atoms with van der Waals surface area (Å²) in [5, 5.41) is 0. The Morgan fingerprint density at radius 1 is 1.42 bits per heavy atom. The fourth-order valence-corrected chi connectivity index (χ4v) is 1.69. The molecule has 0 amide bonds. The average molecular weight is 321 g/mol. The highest BCUT2D eigenvalue weighted by molar-refractivity contribution is 9.12. The van der Waals surface area contributed by atoms with E-state index in [0.29, 0.717) is 0 Å². The molecule has 0 N–H and O–H groups in total. The number of benzene rings is 1. The SMILES string of the molecule is C=C[C@@](C)(/C=C/COC(=O)C(=C)Br)c1ccccc1. The highest BCUT2D eigenvalue weighted by atomic mass is 79.9. The first kappa shape index (κ1) is 15.4. The summed E-state index contributed by atoms with van der Waals surface area (Å²) in [4.78, 5) is 11.2. The molecule has 100 valence electrons. The Bertz CT molecular complexity index is 491. The summed E-state index contributed by atoms with van der Waals surface area (Å²) in [5.41, 5.74) is 0.858. The van der Waals surface area contributed by atoms with Crippen molar-refractivity contribution in [3.63, 3.8) is 0 Å². The molecule has 0 saturated carbocycles. The number of carbonyl (C=O) groups is 1. The van der Waals surface area contributed by atoms with E-state index in [1.165, 1.54) is 0 Å². The first-order valence-corrected chi connectivity index (χ1v) is 6.67. The molecule has 1 aromatic rings. The predicted octanol–water partition coefficient (Wildman–Crippen LogP) is 4.14. The van der Waals surface area contributed by atoms with E-state index in [9.17, 15) is 4.79 Å². The van der Waals surface area contributed by atoms with E-state index in [0.717, 1.165) is 5.56 Å². The van der Waals surface area contributed by atoms with Crippen molar-refractivity contribution < 1.29 is 9.53 Å². The van der Waals surface area contributed by atoms with Gasteiger partial charge < -0.3 is 4.74 Å². The molecule has 0 aromatic heterocycles. The van der Waals surface area contributed by atoms with Crippen LogP contribution in [0.15, 0.2) is 66.2 Å². The number of hydrogen-bond acceptors (Lipinski definition) is 2. The molecule has 0 bridgehead atoms. The Hall–Kier alpha value is -1.61. The fraction of sp³-hybridized carbons (Fsp3) is 0.188. The zero-order valence-corrected chi connectivity index (χ0v) is 12.5. The molecule has 0 saturated heterocycles. The predicted molar refractivity (Wildman–Crippen MR) is 82.2 cm³/mol. The highest BCUT2D eigenvalue weighted by Gasteiger charge is 2.18. The lowest BCUT2D eigenvalue weighted by Crippen LogP contribution is -2.15. The number of halogens is 1. The molecule has 0 aliphatic rings. The normalized spacial score (nSPS) is 13.8. The summed E-state index contributed by atoms with van der Waals surface area (Å²) < 4.78 is 5.19. The van der Waals surface area contributed by atoms with Crippen LogP contribution in [0.5, 0.6) is 0 Å². The van der Waals surface area contributed by atoms with Gasteiger partial charge in [-0.2, -0.15) is 0 Å². The molecule has 19 heavy (non-hydrogen) atoms. The van der Waals surface area contributed by atoms with Crippen molar-refractivity contribution in [2.24, 2.45) is 0 Å². The standard InChI is InChI=1S/C16H17BrO2/c1-4-16(3,14-9-6-5-7-10-14)11-8-12-19-15(18)13(2)17/h4-11H,1-2,12H2,3H3/b11-8+/t16-/m0/s1. The Morgan fingerprint density at radius 3 is 2.58 bits per heavy atom. The molecule has 3 heteroatoms. The summed E-state index contributed by atoms with van der Waals surface area (Å²) >= 11 is 2.97. The van der Waals surface area contributed by atoms with Gasteiger partial charge in [0.2, 0.25) is 0 Å². The first-order chi connectivity index (χ1) is 8.99. The Balaban J connectivity index is 2.69. The molecular weight excluding hydrogens is 304 g/mol. The summed E-state index contributed by atoms with van der Waals surface area (Å²) in [6, 6.07) is 10.0. The zero-order valence-electron chi connectivity index (χ0n) is 10.9. The molecule has 1 rings (SSSR count). The molecular formula is C16H17BrO2. The van der Waals surface area contributed by atoms with Gasteiger partial charge in [-0.3, -0.25) is 0 Å². The van der Waals surface area contributed by atoms with E-state index < -0.39 is 5.97 Å². The molecule has 0 heterocycles. The second-order valence-corrected chi connectivity index (χ2v) is 5.22. The van der Waals surface area contributed by atoms with Crippen LogP contribution in [-0.4, -0.2) is 12.6 Å². The van der Waals surface area contributed by atoms with Crippen LogP contribution in [0.2, 0.25) is 0 Å². The molecule has 0 aliphatic heterocycles. The van der Waals surface area contributed by atoms with Crippen LogP contribution < -0.4 is 0 Å². The lowest BCUT2D eigenvalue weighted by Gasteiger charge is -2.22. The van der Waals surface area contributed by atoms with E-state index in [1.807, 2.05) is 48.6 Å². The molecule has 0 spiro atoms. The maximum absolute atomic E-state index is 11.2. The number of ether oxygens (including phenoxy) is 1. The van der Waals surface area contributed by atoms with Gasteiger partial charge in [0.15, 0.2) is 0 Å². The van der Waals surface area contributed by atoms with Crippen LogP contribution in [0.25, 0.3) is 0 Å². The van der Waals surface area contributed by atoms with Crippen molar-refractivity contribution in [3.8, 4) is 0 Å². The molecule has 0 radical (unpaired) electrons. The highest BCUT2D eigenvalue weighted by Crippen LogP contribution is 2.26. The molecule has 1 aromatic carbocycles. The summed E-state index contributed by atoms with van der Waals surface area (Å²) in [6.45, 7) is 9.58. The van der Waals surface area contributed by atoms with Crippen LogP contribution >= 0.6 is 15.9 Å². The number of allylic oxidation sites excluding steroid dienone is 2. The van der Waals surface area contributed by atoms with Gasteiger partial charge in [-0.1, -0.05) is 55.1 Å². The van der Waals surface area contributed by atoms with Crippen LogP contribution in [-0.2, 0) is 14.9 Å². The van der Waals surface area contributed by atoms with Crippen LogP contribution in [0.4, 0.5) is 0 Å². The van der Waals surface area contributed by atoms with Crippen LogP contribution in [0.3, 0.4) is 0 Å². The van der Waals surface area contributed by atoms with Gasteiger partial charge in [-0.25, -0.2) is 4.79 Å². The Morgan fingerprint density at radius 2 is 2.05 bits per heavy atom. The number of esters is 1. The van der Waals surface area contributed by atoms with Crippen molar-refractivity contribution in [1.29, 1.82) is 0 Å². The number of carbonyl (C=O) groups excluding carboxylic acids is 1. The van der Waals surface area contributed by atoms with Crippen molar-refractivity contribution in [3.05, 3.63) is 71.8 Å². The van der Waals surface area contributed by atoms with Crippen molar-refractivity contribution in [2.45, 2.75) is 12.3 Å². The molecule has 0 fully saturated rings. The molecule has 1 atom stereocenters. The van der Waals surface area contributed by atoms with Gasteiger partial charge in [-0.15, -0.1) is 6.58 Å². The van der Waals surface area contributed by atoms with E-state index in [1.54, 1.807) is 0 Å². The third kappa shape index (κ3) is 4.52. The van der Waals surface area contributed by atoms with Gasteiger partial charge in [0.1, 0.15) is 6.61 Å². The summed E-state index contributed by atoms with van der Waals surface area (Å²) in [7, 11) is 0. The Labute approximate surface area is 122 Å². The minimum Gasteiger partial charge on any atom is -0.457 e. The van der Waals surface area contributed by atoms with Gasteiger partial charge in [-0.05, 0) is 28.4 Å². The van der Waals surface area contributed by atoms with Crippen molar-refractivity contribution >= 4 is 21.9 Å². The Kier molecular flexibility index (Phi) is 5.77.